The maximum atomic E-state index is 11.8. The first-order valence-electron chi connectivity index (χ1n) is 6.55. The van der Waals surface area contributed by atoms with Crippen molar-refractivity contribution < 1.29 is 9.53 Å². The van der Waals surface area contributed by atoms with Crippen LogP contribution >= 0.6 is 11.8 Å². The number of amides is 1. The van der Waals surface area contributed by atoms with Crippen LogP contribution in [0.4, 0.5) is 0 Å². The molecule has 2 N–H and O–H groups in total. The number of nitrogens with one attached hydrogen (secondary N) is 2. The number of benzene rings is 1. The zero-order valence-electron chi connectivity index (χ0n) is 11.1. The topological polar surface area (TPSA) is 50.4 Å². The Morgan fingerprint density at radius 3 is 2.89 bits per heavy atom. The van der Waals surface area contributed by atoms with Crippen LogP contribution in [0.5, 0.6) is 5.75 Å². The van der Waals surface area contributed by atoms with Crippen molar-refractivity contribution in [1.29, 1.82) is 0 Å². The molecule has 4 nitrogen and oxygen atoms in total. The van der Waals surface area contributed by atoms with Gasteiger partial charge in [-0.15, -0.1) is 11.8 Å². The van der Waals surface area contributed by atoms with Gasteiger partial charge in [0, 0.05) is 17.5 Å². The van der Waals surface area contributed by atoms with Crippen LogP contribution in [0.2, 0.25) is 0 Å². The van der Waals surface area contributed by atoms with E-state index < -0.39 is 0 Å². The van der Waals surface area contributed by atoms with Gasteiger partial charge in [0.2, 0.25) is 5.91 Å². The molecule has 1 heterocycles. The van der Waals surface area contributed by atoms with E-state index in [1.54, 1.807) is 18.9 Å². The van der Waals surface area contributed by atoms with Crippen LogP contribution in [0.3, 0.4) is 0 Å². The minimum atomic E-state index is 0.106. The van der Waals surface area contributed by atoms with E-state index in [0.717, 1.165) is 36.6 Å². The summed E-state index contributed by atoms with van der Waals surface area (Å²) >= 11 is 1.55. The number of carbonyl (C=O) groups is 1. The predicted octanol–water partition coefficient (Wildman–Crippen LogP) is 1.66. The molecule has 1 atom stereocenters. The minimum Gasteiger partial charge on any atom is -0.497 e. The summed E-state index contributed by atoms with van der Waals surface area (Å²) in [5, 5.41) is 6.36. The molecule has 0 saturated carbocycles. The smallest absolute Gasteiger partial charge is 0.230 e. The first kappa shape index (κ1) is 14.2. The molecule has 1 amide bonds. The van der Waals surface area contributed by atoms with Crippen LogP contribution in [0.1, 0.15) is 12.8 Å². The van der Waals surface area contributed by atoms with E-state index in [-0.39, 0.29) is 11.9 Å². The molecular formula is C14H20N2O2S. The summed E-state index contributed by atoms with van der Waals surface area (Å²) in [6, 6.07) is 8.05. The second-order valence-electron chi connectivity index (χ2n) is 4.57. The minimum absolute atomic E-state index is 0.106. The molecule has 0 radical (unpaired) electrons. The molecule has 1 aliphatic heterocycles. The third-order valence-electron chi connectivity index (χ3n) is 3.09. The molecule has 0 bridgehead atoms. The molecule has 1 aromatic rings. The van der Waals surface area contributed by atoms with Gasteiger partial charge < -0.3 is 15.4 Å². The molecule has 19 heavy (non-hydrogen) atoms. The Labute approximate surface area is 118 Å². The van der Waals surface area contributed by atoms with E-state index in [1.807, 2.05) is 24.3 Å². The van der Waals surface area contributed by atoms with Gasteiger partial charge in [0.15, 0.2) is 0 Å². The number of ether oxygens (including phenoxy) is 1. The fraction of sp³-hybridized carbons (Fsp3) is 0.500. The van der Waals surface area contributed by atoms with Crippen molar-refractivity contribution in [2.45, 2.75) is 23.8 Å². The maximum absolute atomic E-state index is 11.8. The molecular weight excluding hydrogens is 260 g/mol. The Balaban J connectivity index is 1.72. The highest BCUT2D eigenvalue weighted by Gasteiger charge is 2.15. The standard InChI is InChI=1S/C14H20N2O2S/c1-18-12-4-6-13(7-5-12)19-10-14(17)16-11-3-2-8-15-9-11/h4-7,11,15H,2-3,8-10H2,1H3,(H,16,17). The zero-order chi connectivity index (χ0) is 13.5. The van der Waals surface area contributed by atoms with Crippen molar-refractivity contribution in [2.75, 3.05) is 26.0 Å². The lowest BCUT2D eigenvalue weighted by Crippen LogP contribution is -2.46. The van der Waals surface area contributed by atoms with Crippen molar-refractivity contribution in [3.63, 3.8) is 0 Å². The number of hydrogen-bond donors (Lipinski definition) is 2. The van der Waals surface area contributed by atoms with Gasteiger partial charge in [-0.3, -0.25) is 4.79 Å². The summed E-state index contributed by atoms with van der Waals surface area (Å²) in [6.45, 7) is 1.95. The van der Waals surface area contributed by atoms with Crippen molar-refractivity contribution in [2.24, 2.45) is 0 Å². The molecule has 1 fully saturated rings. The highest BCUT2D eigenvalue weighted by atomic mass is 32.2. The average molecular weight is 280 g/mol. The molecule has 1 saturated heterocycles. The summed E-state index contributed by atoms with van der Waals surface area (Å²) < 4.78 is 5.10. The second-order valence-corrected chi connectivity index (χ2v) is 5.62. The van der Waals surface area contributed by atoms with E-state index in [0.29, 0.717) is 5.75 Å². The van der Waals surface area contributed by atoms with Crippen molar-refractivity contribution >= 4 is 17.7 Å². The summed E-state index contributed by atoms with van der Waals surface area (Å²) in [5.41, 5.74) is 0. The van der Waals surface area contributed by atoms with Crippen LogP contribution in [-0.4, -0.2) is 37.9 Å². The Morgan fingerprint density at radius 1 is 1.47 bits per heavy atom. The van der Waals surface area contributed by atoms with Gasteiger partial charge in [-0.25, -0.2) is 0 Å². The first-order chi connectivity index (χ1) is 9.28. The van der Waals surface area contributed by atoms with E-state index in [1.165, 1.54) is 0 Å². The van der Waals surface area contributed by atoms with Gasteiger partial charge >= 0.3 is 0 Å². The number of hydrogen-bond acceptors (Lipinski definition) is 4. The SMILES string of the molecule is COc1ccc(SCC(=O)NC2CCCNC2)cc1. The highest BCUT2D eigenvalue weighted by molar-refractivity contribution is 8.00. The Hall–Kier alpha value is -1.20. The van der Waals surface area contributed by atoms with E-state index in [4.69, 9.17) is 4.74 Å². The maximum Gasteiger partial charge on any atom is 0.230 e. The van der Waals surface area contributed by atoms with Crippen LogP contribution in [-0.2, 0) is 4.79 Å². The molecule has 0 spiro atoms. The van der Waals surface area contributed by atoms with Crippen molar-refractivity contribution in [3.8, 4) is 5.75 Å². The number of thioether (sulfide) groups is 1. The molecule has 1 aliphatic rings. The first-order valence-corrected chi connectivity index (χ1v) is 7.53. The lowest BCUT2D eigenvalue weighted by atomic mass is 10.1. The molecule has 1 aromatic carbocycles. The van der Waals surface area contributed by atoms with Crippen LogP contribution in [0, 0.1) is 0 Å². The normalized spacial score (nSPS) is 18.9. The zero-order valence-corrected chi connectivity index (χ0v) is 12.0. The van der Waals surface area contributed by atoms with Gasteiger partial charge in [0.05, 0.1) is 12.9 Å². The van der Waals surface area contributed by atoms with E-state index in [9.17, 15) is 4.79 Å². The number of carbonyl (C=O) groups excluding carboxylic acids is 1. The fourth-order valence-electron chi connectivity index (χ4n) is 2.07. The highest BCUT2D eigenvalue weighted by Crippen LogP contribution is 2.21. The summed E-state index contributed by atoms with van der Waals surface area (Å²) in [5.74, 6) is 1.40. The van der Waals surface area contributed by atoms with Gasteiger partial charge in [-0.1, -0.05) is 0 Å². The quantitative estimate of drug-likeness (QED) is 0.805. The third-order valence-corrected chi connectivity index (χ3v) is 4.10. The van der Waals surface area contributed by atoms with Crippen LogP contribution in [0.15, 0.2) is 29.2 Å². The molecule has 0 aromatic heterocycles. The molecule has 0 aliphatic carbocycles. The number of piperidine rings is 1. The summed E-state index contributed by atoms with van der Waals surface area (Å²) in [7, 11) is 1.65. The number of rotatable bonds is 5. The molecule has 2 rings (SSSR count). The van der Waals surface area contributed by atoms with Gasteiger partial charge in [-0.05, 0) is 43.7 Å². The largest absolute Gasteiger partial charge is 0.497 e. The number of methoxy groups -OCH3 is 1. The van der Waals surface area contributed by atoms with Crippen LogP contribution in [0.25, 0.3) is 0 Å². The molecule has 5 heteroatoms. The lowest BCUT2D eigenvalue weighted by molar-refractivity contribution is -0.119. The van der Waals surface area contributed by atoms with Crippen molar-refractivity contribution in [3.05, 3.63) is 24.3 Å². The summed E-state index contributed by atoms with van der Waals surface area (Å²) in [6.07, 6.45) is 2.21. The molecule has 104 valence electrons. The molecule has 1 unspecified atom stereocenters. The third kappa shape index (κ3) is 4.76. The Kier molecular flexibility index (Phi) is 5.54. The van der Waals surface area contributed by atoms with Gasteiger partial charge in [0.1, 0.15) is 5.75 Å². The Bertz CT molecular complexity index is 402. The van der Waals surface area contributed by atoms with Gasteiger partial charge in [0.25, 0.3) is 0 Å². The summed E-state index contributed by atoms with van der Waals surface area (Å²) in [4.78, 5) is 12.9. The second kappa shape index (κ2) is 7.40. The fourth-order valence-corrected chi connectivity index (χ4v) is 2.77. The van der Waals surface area contributed by atoms with Crippen LogP contribution < -0.4 is 15.4 Å². The monoisotopic (exact) mass is 280 g/mol. The van der Waals surface area contributed by atoms with E-state index in [2.05, 4.69) is 10.6 Å². The average Bonchev–Trinajstić information content (AvgIpc) is 2.47. The Morgan fingerprint density at radius 2 is 2.26 bits per heavy atom. The lowest BCUT2D eigenvalue weighted by Gasteiger charge is -2.23. The van der Waals surface area contributed by atoms with E-state index >= 15 is 0 Å². The predicted molar refractivity (Wildman–Crippen MR) is 77.8 cm³/mol. The van der Waals surface area contributed by atoms with Crippen molar-refractivity contribution in [1.82, 2.24) is 10.6 Å². The van der Waals surface area contributed by atoms with Gasteiger partial charge in [-0.2, -0.15) is 0 Å².